The lowest BCUT2D eigenvalue weighted by atomic mass is 10.0. The number of anilines is 2. The number of halogens is 1. The Morgan fingerprint density at radius 1 is 1.12 bits per heavy atom. The molecule has 0 radical (unpaired) electrons. The number of rotatable bonds is 5. The van der Waals surface area contributed by atoms with E-state index in [0.717, 1.165) is 42.2 Å². The van der Waals surface area contributed by atoms with Crippen LogP contribution in [0.3, 0.4) is 0 Å². The van der Waals surface area contributed by atoms with E-state index in [2.05, 4.69) is 27.3 Å². The quantitative estimate of drug-likeness (QED) is 0.726. The zero-order valence-corrected chi connectivity index (χ0v) is 19.8. The van der Waals surface area contributed by atoms with Crippen molar-refractivity contribution in [1.82, 2.24) is 20.2 Å². The highest BCUT2D eigenvalue weighted by molar-refractivity contribution is 6.30. The number of nitrogens with zero attached hydrogens (tertiary/aromatic N) is 5. The van der Waals surface area contributed by atoms with Crippen molar-refractivity contribution in [3.05, 3.63) is 46.1 Å². The number of nitrogens with one attached hydrogen (secondary N) is 1. The molecule has 2 fully saturated rings. The third-order valence-electron chi connectivity index (χ3n) is 6.74. The first-order valence-corrected chi connectivity index (χ1v) is 12.0. The zero-order chi connectivity index (χ0) is 23.1. The average molecular weight is 469 g/mol. The molecule has 2 amide bonds. The molecule has 8 nitrogen and oxygen atoms in total. The van der Waals surface area contributed by atoms with Gasteiger partial charge in [0.2, 0.25) is 11.9 Å². The maximum atomic E-state index is 13.2. The highest BCUT2D eigenvalue weighted by Gasteiger charge is 2.38. The summed E-state index contributed by atoms with van der Waals surface area (Å²) >= 11 is 6.07. The summed E-state index contributed by atoms with van der Waals surface area (Å²) in [4.78, 5) is 40.9. The molecular weight excluding hydrogens is 440 g/mol. The van der Waals surface area contributed by atoms with Crippen LogP contribution >= 0.6 is 11.6 Å². The SMILES string of the molecule is CC(C)N1Cc2c(nc(N3CCNC(=O)C3)nc2N2CCCC2Cc2ccc(Cl)cc2)C1=O. The van der Waals surface area contributed by atoms with Gasteiger partial charge in [0.25, 0.3) is 5.91 Å². The molecular formula is C24H29ClN6O2. The number of hydrogen-bond donors (Lipinski definition) is 1. The van der Waals surface area contributed by atoms with Crippen LogP contribution in [0, 0.1) is 0 Å². The molecule has 1 unspecified atom stereocenters. The lowest BCUT2D eigenvalue weighted by Crippen LogP contribution is -2.48. The maximum Gasteiger partial charge on any atom is 0.273 e. The van der Waals surface area contributed by atoms with E-state index >= 15 is 0 Å². The fourth-order valence-corrected chi connectivity index (χ4v) is 5.11. The Balaban J connectivity index is 1.52. The van der Waals surface area contributed by atoms with E-state index in [4.69, 9.17) is 16.6 Å². The van der Waals surface area contributed by atoms with Gasteiger partial charge in [-0.3, -0.25) is 9.59 Å². The molecule has 174 valence electrons. The Kier molecular flexibility index (Phi) is 5.86. The minimum absolute atomic E-state index is 0.0520. The smallest absolute Gasteiger partial charge is 0.273 e. The summed E-state index contributed by atoms with van der Waals surface area (Å²) in [6.07, 6.45) is 3.02. The molecule has 1 atom stereocenters. The lowest BCUT2D eigenvalue weighted by molar-refractivity contribution is -0.120. The van der Waals surface area contributed by atoms with Gasteiger partial charge in [0.1, 0.15) is 11.5 Å². The van der Waals surface area contributed by atoms with Gasteiger partial charge >= 0.3 is 0 Å². The molecule has 4 heterocycles. The molecule has 0 saturated carbocycles. The molecule has 9 heteroatoms. The molecule has 1 aromatic heterocycles. The molecule has 3 aliphatic heterocycles. The summed E-state index contributed by atoms with van der Waals surface area (Å²) in [5, 5.41) is 3.58. The molecule has 0 aliphatic carbocycles. The highest BCUT2D eigenvalue weighted by atomic mass is 35.5. The molecule has 1 N–H and O–H groups in total. The van der Waals surface area contributed by atoms with Crippen LogP contribution < -0.4 is 15.1 Å². The second kappa shape index (κ2) is 8.82. The topological polar surface area (TPSA) is 81.7 Å². The van der Waals surface area contributed by atoms with E-state index in [0.29, 0.717) is 31.3 Å². The molecule has 0 spiro atoms. The number of hydrogen-bond acceptors (Lipinski definition) is 6. The lowest BCUT2D eigenvalue weighted by Gasteiger charge is -2.31. The highest BCUT2D eigenvalue weighted by Crippen LogP contribution is 2.36. The second-order valence-corrected chi connectivity index (χ2v) is 9.73. The Bertz CT molecular complexity index is 1070. The number of benzene rings is 1. The number of carbonyl (C=O) groups is 2. The van der Waals surface area contributed by atoms with Gasteiger partial charge in [-0.05, 0) is 50.8 Å². The van der Waals surface area contributed by atoms with Gasteiger partial charge in [-0.15, -0.1) is 0 Å². The van der Waals surface area contributed by atoms with Crippen LogP contribution in [0.2, 0.25) is 5.02 Å². The Morgan fingerprint density at radius 2 is 1.91 bits per heavy atom. The number of amides is 2. The fraction of sp³-hybridized carbons (Fsp3) is 0.500. The van der Waals surface area contributed by atoms with Gasteiger partial charge in [0, 0.05) is 42.3 Å². The third kappa shape index (κ3) is 4.24. The Morgan fingerprint density at radius 3 is 2.64 bits per heavy atom. The summed E-state index contributed by atoms with van der Waals surface area (Å²) in [5.41, 5.74) is 2.61. The van der Waals surface area contributed by atoms with Crippen molar-refractivity contribution in [2.75, 3.05) is 36.0 Å². The Hall–Kier alpha value is -2.87. The van der Waals surface area contributed by atoms with Crippen LogP contribution in [-0.4, -0.2) is 64.9 Å². The zero-order valence-electron chi connectivity index (χ0n) is 19.1. The van der Waals surface area contributed by atoms with E-state index < -0.39 is 0 Å². The first kappa shape index (κ1) is 21.9. The van der Waals surface area contributed by atoms with E-state index in [1.165, 1.54) is 5.56 Å². The van der Waals surface area contributed by atoms with E-state index in [-0.39, 0.29) is 30.4 Å². The molecule has 0 bridgehead atoms. The summed E-state index contributed by atoms with van der Waals surface area (Å²) in [7, 11) is 0. The van der Waals surface area contributed by atoms with Gasteiger partial charge < -0.3 is 20.0 Å². The molecule has 2 saturated heterocycles. The van der Waals surface area contributed by atoms with Crippen LogP contribution in [0.25, 0.3) is 0 Å². The summed E-state index contributed by atoms with van der Waals surface area (Å²) in [6, 6.07) is 8.36. The summed E-state index contributed by atoms with van der Waals surface area (Å²) in [5.74, 6) is 1.20. The first-order chi connectivity index (χ1) is 15.9. The number of carbonyl (C=O) groups excluding carboxylic acids is 2. The van der Waals surface area contributed by atoms with Gasteiger partial charge in [0.05, 0.1) is 13.1 Å². The van der Waals surface area contributed by atoms with Crippen molar-refractivity contribution in [3.8, 4) is 0 Å². The monoisotopic (exact) mass is 468 g/mol. The largest absolute Gasteiger partial charge is 0.353 e. The van der Waals surface area contributed by atoms with Crippen LogP contribution in [0.1, 0.15) is 48.3 Å². The number of piperazine rings is 1. The van der Waals surface area contributed by atoms with E-state index in [1.54, 1.807) is 0 Å². The number of aromatic nitrogens is 2. The van der Waals surface area contributed by atoms with Gasteiger partial charge in [-0.1, -0.05) is 23.7 Å². The predicted octanol–water partition coefficient (Wildman–Crippen LogP) is 2.64. The van der Waals surface area contributed by atoms with Crippen LogP contribution in [0.5, 0.6) is 0 Å². The maximum absolute atomic E-state index is 13.2. The second-order valence-electron chi connectivity index (χ2n) is 9.29. The standard InChI is InChI=1S/C24H29ClN6O2/c1-15(2)31-13-19-21(23(31)33)27-24(29-11-9-26-20(32)14-29)28-22(19)30-10-3-4-18(30)12-16-5-7-17(25)8-6-16/h5-8,15,18H,3-4,9-14H2,1-2H3,(H,26,32). The molecule has 1 aromatic carbocycles. The van der Waals surface area contributed by atoms with Crippen molar-refractivity contribution in [3.63, 3.8) is 0 Å². The molecule has 2 aromatic rings. The minimum atomic E-state index is -0.0557. The average Bonchev–Trinajstić information content (AvgIpc) is 3.39. The van der Waals surface area contributed by atoms with E-state index in [9.17, 15) is 9.59 Å². The van der Waals surface area contributed by atoms with E-state index in [1.807, 2.05) is 35.8 Å². The summed E-state index contributed by atoms with van der Waals surface area (Å²) < 4.78 is 0. The van der Waals surface area contributed by atoms with Gasteiger partial charge in [-0.25, -0.2) is 4.98 Å². The van der Waals surface area contributed by atoms with Crippen LogP contribution in [0.15, 0.2) is 24.3 Å². The first-order valence-electron chi connectivity index (χ1n) is 11.7. The normalized spacial score (nSPS) is 20.6. The van der Waals surface area contributed by atoms with Gasteiger partial charge in [-0.2, -0.15) is 4.98 Å². The van der Waals surface area contributed by atoms with Crippen molar-refractivity contribution >= 4 is 35.2 Å². The van der Waals surface area contributed by atoms with Crippen molar-refractivity contribution in [2.24, 2.45) is 0 Å². The molecule has 33 heavy (non-hydrogen) atoms. The fourth-order valence-electron chi connectivity index (χ4n) is 4.99. The third-order valence-corrected chi connectivity index (χ3v) is 7.00. The molecule has 5 rings (SSSR count). The minimum Gasteiger partial charge on any atom is -0.353 e. The van der Waals surface area contributed by atoms with Crippen molar-refractivity contribution in [2.45, 2.75) is 51.7 Å². The van der Waals surface area contributed by atoms with Crippen LogP contribution in [0.4, 0.5) is 11.8 Å². The predicted molar refractivity (Wildman–Crippen MR) is 128 cm³/mol. The van der Waals surface area contributed by atoms with Crippen molar-refractivity contribution < 1.29 is 9.59 Å². The summed E-state index contributed by atoms with van der Waals surface area (Å²) in [6.45, 7) is 6.82. The van der Waals surface area contributed by atoms with Gasteiger partial charge in [0.15, 0.2) is 0 Å². The van der Waals surface area contributed by atoms with Crippen molar-refractivity contribution in [1.29, 1.82) is 0 Å². The van der Waals surface area contributed by atoms with Crippen LogP contribution in [-0.2, 0) is 17.8 Å². The molecule has 3 aliphatic rings. The Labute approximate surface area is 198 Å². The number of fused-ring (bicyclic) bond motifs is 1.